The Hall–Kier alpha value is -2.49. The minimum Gasteiger partial charge on any atom is -0.491 e. The number of ether oxygens (including phenoxy) is 1. The molecular formula is C16H15NO3. The van der Waals surface area contributed by atoms with E-state index in [4.69, 9.17) is 9.84 Å². The van der Waals surface area contributed by atoms with Crippen LogP contribution in [-0.2, 0) is 6.54 Å². The van der Waals surface area contributed by atoms with E-state index in [1.165, 1.54) is 0 Å². The predicted molar refractivity (Wildman–Crippen MR) is 76.4 cm³/mol. The molecule has 4 heteroatoms. The summed E-state index contributed by atoms with van der Waals surface area (Å²) < 4.78 is 5.73. The van der Waals surface area contributed by atoms with Gasteiger partial charge in [-0.3, -0.25) is 0 Å². The molecule has 1 N–H and O–H groups in total. The highest BCUT2D eigenvalue weighted by atomic mass is 16.5. The topological polar surface area (TPSA) is 49.8 Å². The summed E-state index contributed by atoms with van der Waals surface area (Å²) in [4.78, 5) is 13.1. The molecule has 0 radical (unpaired) electrons. The zero-order chi connectivity index (χ0) is 13.9. The SMILES string of the molecule is O=C(O)c1ccc(N2CCOc3ccccc3C2)cc1. The van der Waals surface area contributed by atoms with Crippen molar-refractivity contribution in [2.24, 2.45) is 0 Å². The summed E-state index contributed by atoms with van der Waals surface area (Å²) in [6, 6.07) is 15.0. The number of nitrogens with zero attached hydrogens (tertiary/aromatic N) is 1. The van der Waals surface area contributed by atoms with E-state index >= 15 is 0 Å². The van der Waals surface area contributed by atoms with E-state index in [0.717, 1.165) is 30.1 Å². The van der Waals surface area contributed by atoms with Gasteiger partial charge in [0, 0.05) is 17.8 Å². The maximum Gasteiger partial charge on any atom is 0.335 e. The molecule has 4 nitrogen and oxygen atoms in total. The lowest BCUT2D eigenvalue weighted by Gasteiger charge is -2.22. The van der Waals surface area contributed by atoms with Crippen LogP contribution in [0.1, 0.15) is 15.9 Å². The fourth-order valence-electron chi connectivity index (χ4n) is 2.36. The van der Waals surface area contributed by atoms with Crippen LogP contribution in [0.2, 0.25) is 0 Å². The van der Waals surface area contributed by atoms with Gasteiger partial charge >= 0.3 is 5.97 Å². The van der Waals surface area contributed by atoms with E-state index < -0.39 is 5.97 Å². The molecule has 0 amide bonds. The first-order chi connectivity index (χ1) is 9.74. The molecule has 0 spiro atoms. The summed E-state index contributed by atoms with van der Waals surface area (Å²) in [5, 5.41) is 8.93. The summed E-state index contributed by atoms with van der Waals surface area (Å²) in [6.45, 7) is 2.17. The third kappa shape index (κ3) is 2.45. The number of hydrogen-bond acceptors (Lipinski definition) is 3. The van der Waals surface area contributed by atoms with Crippen LogP contribution in [0.15, 0.2) is 48.5 Å². The Morgan fingerprint density at radius 3 is 2.60 bits per heavy atom. The molecule has 0 atom stereocenters. The Kier molecular flexibility index (Phi) is 3.29. The van der Waals surface area contributed by atoms with Crippen LogP contribution < -0.4 is 9.64 Å². The van der Waals surface area contributed by atoms with Crippen molar-refractivity contribution in [3.05, 3.63) is 59.7 Å². The first-order valence-electron chi connectivity index (χ1n) is 6.53. The molecule has 1 aliphatic rings. The Balaban J connectivity index is 1.85. The highest BCUT2D eigenvalue weighted by Gasteiger charge is 2.15. The number of carbonyl (C=O) groups is 1. The number of carboxylic acid groups (broad SMARTS) is 1. The fourth-order valence-corrected chi connectivity index (χ4v) is 2.36. The highest BCUT2D eigenvalue weighted by molar-refractivity contribution is 5.88. The van der Waals surface area contributed by atoms with Crippen molar-refractivity contribution in [1.82, 2.24) is 0 Å². The van der Waals surface area contributed by atoms with Gasteiger partial charge in [0.25, 0.3) is 0 Å². The number of anilines is 1. The van der Waals surface area contributed by atoms with Crippen molar-refractivity contribution < 1.29 is 14.6 Å². The van der Waals surface area contributed by atoms with Gasteiger partial charge in [0.15, 0.2) is 0 Å². The molecule has 0 fully saturated rings. The smallest absolute Gasteiger partial charge is 0.335 e. The molecule has 0 aliphatic carbocycles. The lowest BCUT2D eigenvalue weighted by molar-refractivity contribution is 0.0697. The van der Waals surface area contributed by atoms with Crippen molar-refractivity contribution in [3.63, 3.8) is 0 Å². The molecule has 0 saturated carbocycles. The summed E-state index contributed by atoms with van der Waals surface area (Å²) in [7, 11) is 0. The van der Waals surface area contributed by atoms with Gasteiger partial charge in [-0.05, 0) is 30.3 Å². The average molecular weight is 269 g/mol. The predicted octanol–water partition coefficient (Wildman–Crippen LogP) is 2.78. The van der Waals surface area contributed by atoms with Crippen molar-refractivity contribution in [1.29, 1.82) is 0 Å². The van der Waals surface area contributed by atoms with E-state index in [9.17, 15) is 4.79 Å². The Morgan fingerprint density at radius 1 is 1.10 bits per heavy atom. The third-order valence-electron chi connectivity index (χ3n) is 3.43. The van der Waals surface area contributed by atoms with Crippen LogP contribution in [-0.4, -0.2) is 24.2 Å². The van der Waals surface area contributed by atoms with Crippen LogP contribution in [0.5, 0.6) is 5.75 Å². The molecule has 1 heterocycles. The fraction of sp³-hybridized carbons (Fsp3) is 0.188. The summed E-state index contributed by atoms with van der Waals surface area (Å²) in [5.74, 6) is 0.0262. The van der Waals surface area contributed by atoms with E-state index in [1.54, 1.807) is 12.1 Å². The second kappa shape index (κ2) is 5.25. The second-order valence-electron chi connectivity index (χ2n) is 4.73. The first-order valence-corrected chi connectivity index (χ1v) is 6.53. The molecule has 20 heavy (non-hydrogen) atoms. The van der Waals surface area contributed by atoms with Crippen molar-refractivity contribution in [2.45, 2.75) is 6.54 Å². The Bertz CT molecular complexity index is 622. The maximum atomic E-state index is 10.9. The first kappa shape index (κ1) is 12.5. The standard InChI is InChI=1S/C16H15NO3/c18-16(19)12-5-7-14(8-6-12)17-9-10-20-15-4-2-1-3-13(15)11-17/h1-8H,9-11H2,(H,18,19). The average Bonchev–Trinajstić information content (AvgIpc) is 2.69. The molecule has 0 unspecified atom stereocenters. The van der Waals surface area contributed by atoms with Crippen LogP contribution in [0.25, 0.3) is 0 Å². The number of fused-ring (bicyclic) bond motifs is 1. The van der Waals surface area contributed by atoms with E-state index in [-0.39, 0.29) is 0 Å². The Morgan fingerprint density at radius 2 is 1.85 bits per heavy atom. The van der Waals surface area contributed by atoms with Gasteiger partial charge in [-0.15, -0.1) is 0 Å². The van der Waals surface area contributed by atoms with Gasteiger partial charge in [-0.25, -0.2) is 4.79 Å². The zero-order valence-electron chi connectivity index (χ0n) is 11.0. The Labute approximate surface area is 117 Å². The molecule has 102 valence electrons. The number of carboxylic acids is 1. The van der Waals surface area contributed by atoms with E-state index in [1.807, 2.05) is 30.3 Å². The molecule has 0 bridgehead atoms. The molecule has 2 aromatic carbocycles. The van der Waals surface area contributed by atoms with E-state index in [0.29, 0.717) is 12.2 Å². The third-order valence-corrected chi connectivity index (χ3v) is 3.43. The largest absolute Gasteiger partial charge is 0.491 e. The van der Waals surface area contributed by atoms with Gasteiger partial charge in [0.1, 0.15) is 12.4 Å². The van der Waals surface area contributed by atoms with Crippen LogP contribution in [0.3, 0.4) is 0 Å². The van der Waals surface area contributed by atoms with Gasteiger partial charge < -0.3 is 14.7 Å². The van der Waals surface area contributed by atoms with Gasteiger partial charge in [-0.1, -0.05) is 18.2 Å². The van der Waals surface area contributed by atoms with Crippen molar-refractivity contribution in [3.8, 4) is 5.75 Å². The molecule has 1 aliphatic heterocycles. The van der Waals surface area contributed by atoms with E-state index in [2.05, 4.69) is 11.0 Å². The minimum atomic E-state index is -0.902. The maximum absolute atomic E-state index is 10.9. The number of rotatable bonds is 2. The van der Waals surface area contributed by atoms with Crippen LogP contribution >= 0.6 is 0 Å². The number of para-hydroxylation sites is 1. The minimum absolute atomic E-state index is 0.306. The quantitative estimate of drug-likeness (QED) is 0.910. The number of hydrogen-bond donors (Lipinski definition) is 1. The number of aromatic carboxylic acids is 1. The molecule has 0 aromatic heterocycles. The van der Waals surface area contributed by atoms with Gasteiger partial charge in [0.2, 0.25) is 0 Å². The normalized spacial score (nSPS) is 14.1. The highest BCUT2D eigenvalue weighted by Crippen LogP contribution is 2.26. The molecule has 3 rings (SSSR count). The number of benzene rings is 2. The lowest BCUT2D eigenvalue weighted by atomic mass is 10.1. The van der Waals surface area contributed by atoms with Crippen LogP contribution in [0.4, 0.5) is 5.69 Å². The molecule has 2 aromatic rings. The monoisotopic (exact) mass is 269 g/mol. The van der Waals surface area contributed by atoms with Gasteiger partial charge in [0.05, 0.1) is 12.1 Å². The van der Waals surface area contributed by atoms with Gasteiger partial charge in [-0.2, -0.15) is 0 Å². The zero-order valence-corrected chi connectivity index (χ0v) is 11.0. The summed E-state index contributed by atoms with van der Waals surface area (Å²) in [6.07, 6.45) is 0. The van der Waals surface area contributed by atoms with Crippen molar-refractivity contribution >= 4 is 11.7 Å². The second-order valence-corrected chi connectivity index (χ2v) is 4.73. The molecule has 0 saturated heterocycles. The summed E-state index contributed by atoms with van der Waals surface area (Å²) in [5.41, 5.74) is 2.46. The lowest BCUT2D eigenvalue weighted by Crippen LogP contribution is -2.25. The molecular weight excluding hydrogens is 254 g/mol. The van der Waals surface area contributed by atoms with Crippen molar-refractivity contribution in [2.75, 3.05) is 18.1 Å². The summed E-state index contributed by atoms with van der Waals surface area (Å²) >= 11 is 0. The van der Waals surface area contributed by atoms with Crippen LogP contribution in [0, 0.1) is 0 Å².